The van der Waals surface area contributed by atoms with Crippen LogP contribution in [0.15, 0.2) is 12.4 Å². The van der Waals surface area contributed by atoms with Crippen molar-refractivity contribution in [2.24, 2.45) is 0 Å². The van der Waals surface area contributed by atoms with Crippen LogP contribution in [0.4, 0.5) is 0 Å². The third kappa shape index (κ3) is 4.74. The van der Waals surface area contributed by atoms with Crippen LogP contribution in [-0.2, 0) is 16.1 Å². The van der Waals surface area contributed by atoms with E-state index in [4.69, 9.17) is 0 Å². The second kappa shape index (κ2) is 8.19. The average Bonchev–Trinajstić information content (AvgIpc) is 2.71. The molecular weight excluding hydrogens is 308 g/mol. The van der Waals surface area contributed by atoms with Crippen LogP contribution < -0.4 is 0 Å². The van der Waals surface area contributed by atoms with Gasteiger partial charge in [-0.1, -0.05) is 13.8 Å². The zero-order valence-electron chi connectivity index (χ0n) is 14.6. The second-order valence-electron chi connectivity index (χ2n) is 6.63. The first kappa shape index (κ1) is 18.3. The Morgan fingerprint density at radius 2 is 2.04 bits per heavy atom. The minimum atomic E-state index is -0.984. The van der Waals surface area contributed by atoms with E-state index in [0.717, 1.165) is 24.2 Å². The molecule has 0 aromatic carbocycles. The van der Waals surface area contributed by atoms with Crippen molar-refractivity contribution in [1.82, 2.24) is 19.8 Å². The Kier molecular flexibility index (Phi) is 6.25. The van der Waals surface area contributed by atoms with Gasteiger partial charge < -0.3 is 14.9 Å². The molecule has 1 saturated heterocycles. The van der Waals surface area contributed by atoms with Gasteiger partial charge in [0.05, 0.1) is 6.54 Å². The van der Waals surface area contributed by atoms with E-state index in [1.807, 2.05) is 13.8 Å². The maximum absolute atomic E-state index is 12.4. The number of rotatable bonds is 5. The molecule has 1 aromatic heterocycles. The number of likely N-dealkylation sites (N-methyl/N-ethyl adjacent to an activating group) is 1. The topological polar surface area (TPSA) is 86.6 Å². The molecule has 1 fully saturated rings. The molecule has 132 valence electrons. The summed E-state index contributed by atoms with van der Waals surface area (Å²) >= 11 is 0. The van der Waals surface area contributed by atoms with Crippen molar-refractivity contribution < 1.29 is 14.7 Å². The molecule has 0 spiro atoms. The molecule has 0 aliphatic carbocycles. The second-order valence-corrected chi connectivity index (χ2v) is 6.63. The fourth-order valence-corrected chi connectivity index (χ4v) is 2.63. The SMILES string of the molecule is CC(C)c1ncc(CN(C)C(=O)CN2CCCCC(O)C2=O)cn1. The van der Waals surface area contributed by atoms with Crippen molar-refractivity contribution in [2.45, 2.75) is 51.7 Å². The summed E-state index contributed by atoms with van der Waals surface area (Å²) in [5, 5.41) is 9.75. The van der Waals surface area contributed by atoms with E-state index >= 15 is 0 Å². The molecule has 7 heteroatoms. The summed E-state index contributed by atoms with van der Waals surface area (Å²) in [6.07, 6.45) is 4.55. The number of amides is 2. The first-order valence-corrected chi connectivity index (χ1v) is 8.40. The smallest absolute Gasteiger partial charge is 0.251 e. The summed E-state index contributed by atoms with van der Waals surface area (Å²) in [5.41, 5.74) is 0.845. The fraction of sp³-hybridized carbons (Fsp3) is 0.647. The molecule has 1 aliphatic rings. The normalized spacial score (nSPS) is 18.6. The molecule has 1 aliphatic heterocycles. The molecule has 0 radical (unpaired) electrons. The molecule has 7 nitrogen and oxygen atoms in total. The number of carbonyl (C=O) groups is 2. The van der Waals surface area contributed by atoms with Crippen LogP contribution in [0.2, 0.25) is 0 Å². The Morgan fingerprint density at radius 3 is 2.67 bits per heavy atom. The van der Waals surface area contributed by atoms with Gasteiger partial charge in [0, 0.05) is 44.0 Å². The van der Waals surface area contributed by atoms with Crippen molar-refractivity contribution >= 4 is 11.8 Å². The van der Waals surface area contributed by atoms with Gasteiger partial charge in [0.1, 0.15) is 11.9 Å². The largest absolute Gasteiger partial charge is 0.383 e. The molecule has 2 heterocycles. The number of aliphatic hydroxyl groups is 1. The van der Waals surface area contributed by atoms with Gasteiger partial charge in [0.2, 0.25) is 5.91 Å². The quantitative estimate of drug-likeness (QED) is 0.866. The van der Waals surface area contributed by atoms with E-state index in [0.29, 0.717) is 19.5 Å². The van der Waals surface area contributed by atoms with E-state index in [-0.39, 0.29) is 24.3 Å². The van der Waals surface area contributed by atoms with Gasteiger partial charge >= 0.3 is 0 Å². The number of hydrogen-bond acceptors (Lipinski definition) is 5. The summed E-state index contributed by atoms with van der Waals surface area (Å²) in [4.78, 5) is 36.0. The lowest BCUT2D eigenvalue weighted by Crippen LogP contribution is -2.44. The predicted molar refractivity (Wildman–Crippen MR) is 89.0 cm³/mol. The van der Waals surface area contributed by atoms with E-state index in [2.05, 4.69) is 9.97 Å². The van der Waals surface area contributed by atoms with Crippen molar-refractivity contribution in [2.75, 3.05) is 20.1 Å². The van der Waals surface area contributed by atoms with Gasteiger partial charge in [-0.3, -0.25) is 9.59 Å². The van der Waals surface area contributed by atoms with Crippen LogP contribution >= 0.6 is 0 Å². The molecule has 0 bridgehead atoms. The number of aliphatic hydroxyl groups excluding tert-OH is 1. The third-order valence-electron chi connectivity index (χ3n) is 4.17. The van der Waals surface area contributed by atoms with Gasteiger partial charge in [-0.15, -0.1) is 0 Å². The zero-order chi connectivity index (χ0) is 17.7. The summed E-state index contributed by atoms with van der Waals surface area (Å²) in [5.74, 6) is 0.528. The number of carbonyl (C=O) groups excluding carboxylic acids is 2. The molecule has 0 saturated carbocycles. The summed E-state index contributed by atoms with van der Waals surface area (Å²) < 4.78 is 0. The highest BCUT2D eigenvalue weighted by atomic mass is 16.3. The first-order chi connectivity index (χ1) is 11.4. The Labute approximate surface area is 142 Å². The lowest BCUT2D eigenvalue weighted by Gasteiger charge is -2.25. The number of hydrogen-bond donors (Lipinski definition) is 1. The van der Waals surface area contributed by atoms with Crippen molar-refractivity contribution in [1.29, 1.82) is 0 Å². The lowest BCUT2D eigenvalue weighted by molar-refractivity contribution is -0.145. The maximum Gasteiger partial charge on any atom is 0.251 e. The Bertz CT molecular complexity index is 574. The van der Waals surface area contributed by atoms with Crippen LogP contribution in [0.25, 0.3) is 0 Å². The highest BCUT2D eigenvalue weighted by molar-refractivity contribution is 5.87. The highest BCUT2D eigenvalue weighted by Crippen LogP contribution is 2.13. The molecule has 1 aromatic rings. The number of likely N-dealkylation sites (tertiary alicyclic amines) is 1. The van der Waals surface area contributed by atoms with Crippen molar-refractivity contribution in [3.63, 3.8) is 0 Å². The van der Waals surface area contributed by atoms with E-state index in [1.165, 1.54) is 4.90 Å². The maximum atomic E-state index is 12.4. The zero-order valence-corrected chi connectivity index (χ0v) is 14.6. The Balaban J connectivity index is 1.92. The van der Waals surface area contributed by atoms with Crippen LogP contribution in [0, 0.1) is 0 Å². The molecule has 2 rings (SSSR count). The van der Waals surface area contributed by atoms with E-state index in [9.17, 15) is 14.7 Å². The molecule has 1 unspecified atom stereocenters. The lowest BCUT2D eigenvalue weighted by atomic mass is 10.2. The first-order valence-electron chi connectivity index (χ1n) is 8.40. The minimum absolute atomic E-state index is 0.00265. The summed E-state index contributed by atoms with van der Waals surface area (Å²) in [6, 6.07) is 0. The molecule has 2 amide bonds. The highest BCUT2D eigenvalue weighted by Gasteiger charge is 2.27. The van der Waals surface area contributed by atoms with E-state index in [1.54, 1.807) is 24.3 Å². The fourth-order valence-electron chi connectivity index (χ4n) is 2.63. The summed E-state index contributed by atoms with van der Waals surface area (Å²) in [6.45, 7) is 4.95. The van der Waals surface area contributed by atoms with Gasteiger partial charge in [0.15, 0.2) is 0 Å². The van der Waals surface area contributed by atoms with Crippen LogP contribution in [0.5, 0.6) is 0 Å². The summed E-state index contributed by atoms with van der Waals surface area (Å²) in [7, 11) is 1.69. The monoisotopic (exact) mass is 334 g/mol. The number of nitrogens with zero attached hydrogens (tertiary/aromatic N) is 4. The third-order valence-corrected chi connectivity index (χ3v) is 4.17. The van der Waals surface area contributed by atoms with Gasteiger partial charge in [0.25, 0.3) is 5.91 Å². The van der Waals surface area contributed by atoms with Gasteiger partial charge in [-0.25, -0.2) is 9.97 Å². The van der Waals surface area contributed by atoms with Crippen molar-refractivity contribution in [3.05, 3.63) is 23.8 Å². The minimum Gasteiger partial charge on any atom is -0.383 e. The standard InChI is InChI=1S/C17H26N4O3/c1-12(2)16-18-8-13(9-19-16)10-20(3)15(23)11-21-7-5-4-6-14(22)17(21)24/h8-9,12,14,22H,4-7,10-11H2,1-3H3. The van der Waals surface area contributed by atoms with Crippen LogP contribution in [0.3, 0.4) is 0 Å². The average molecular weight is 334 g/mol. The van der Waals surface area contributed by atoms with E-state index < -0.39 is 6.10 Å². The predicted octanol–water partition coefficient (Wildman–Crippen LogP) is 0.932. The Morgan fingerprint density at radius 1 is 1.38 bits per heavy atom. The van der Waals surface area contributed by atoms with Gasteiger partial charge in [-0.05, 0) is 19.3 Å². The Hall–Kier alpha value is -2.02. The van der Waals surface area contributed by atoms with Crippen molar-refractivity contribution in [3.8, 4) is 0 Å². The number of aromatic nitrogens is 2. The van der Waals surface area contributed by atoms with Crippen LogP contribution in [0.1, 0.15) is 50.4 Å². The molecular formula is C17H26N4O3. The van der Waals surface area contributed by atoms with Gasteiger partial charge in [-0.2, -0.15) is 0 Å². The molecule has 1 N–H and O–H groups in total. The molecule has 1 atom stereocenters. The van der Waals surface area contributed by atoms with Crippen LogP contribution in [-0.4, -0.2) is 62.9 Å². The molecule has 24 heavy (non-hydrogen) atoms.